The van der Waals surface area contributed by atoms with E-state index in [1.807, 2.05) is 19.9 Å². The minimum Gasteiger partial charge on any atom is -0.355 e. The number of hydrogen-bond acceptors (Lipinski definition) is 3. The molecule has 0 aliphatic heterocycles. The molecule has 1 fully saturated rings. The fourth-order valence-electron chi connectivity index (χ4n) is 2.90. The van der Waals surface area contributed by atoms with Gasteiger partial charge in [-0.25, -0.2) is 4.98 Å². The predicted octanol–water partition coefficient (Wildman–Crippen LogP) is 2.76. The zero-order valence-corrected chi connectivity index (χ0v) is 14.2. The van der Waals surface area contributed by atoms with Gasteiger partial charge >= 0.3 is 0 Å². The van der Waals surface area contributed by atoms with Crippen LogP contribution in [0.3, 0.4) is 0 Å². The zero-order valence-electron chi connectivity index (χ0n) is 14.2. The van der Waals surface area contributed by atoms with E-state index in [0.29, 0.717) is 12.4 Å². The smallest absolute Gasteiger partial charge is 0.227 e. The molecule has 1 aliphatic carbocycles. The maximum absolute atomic E-state index is 12.3. The molecule has 5 nitrogen and oxygen atoms in total. The number of aromatic nitrogens is 1. The minimum atomic E-state index is -0.153. The summed E-state index contributed by atoms with van der Waals surface area (Å²) in [6, 6.07) is 5.33. The molecule has 2 N–H and O–H groups in total. The van der Waals surface area contributed by atoms with Crippen molar-refractivity contribution in [2.75, 3.05) is 11.9 Å². The third kappa shape index (κ3) is 4.41. The van der Waals surface area contributed by atoms with E-state index in [9.17, 15) is 9.59 Å². The van der Waals surface area contributed by atoms with Crippen molar-refractivity contribution in [3.05, 3.63) is 36.0 Å². The Bertz CT molecular complexity index is 604. The second kappa shape index (κ2) is 6.94. The lowest BCUT2D eigenvalue weighted by atomic mass is 10.1. The van der Waals surface area contributed by atoms with Crippen molar-refractivity contribution in [2.24, 2.45) is 17.3 Å². The number of pyridine rings is 1. The molecule has 0 spiro atoms. The summed E-state index contributed by atoms with van der Waals surface area (Å²) in [6.45, 7) is 8.65. The maximum Gasteiger partial charge on any atom is 0.227 e. The Labute approximate surface area is 137 Å². The molecular weight excluding hydrogens is 290 g/mol. The third-order valence-corrected chi connectivity index (χ3v) is 4.29. The van der Waals surface area contributed by atoms with Crippen LogP contribution < -0.4 is 10.6 Å². The molecule has 0 saturated heterocycles. The molecule has 0 aromatic carbocycles. The first-order chi connectivity index (χ1) is 10.8. The molecule has 2 rings (SSSR count). The standard InChI is InChI=1S/C18H25N3O2/c1-12(2)11-13-16(18(13,3)4)17(23)20-10-8-15(22)21-14-7-5-6-9-19-14/h5-7,9,11,13,16H,8,10H2,1-4H3,(H,20,23)(H,19,21,22). The van der Waals surface area contributed by atoms with Crippen LogP contribution in [0.4, 0.5) is 5.82 Å². The van der Waals surface area contributed by atoms with Gasteiger partial charge < -0.3 is 10.6 Å². The number of amides is 2. The Balaban J connectivity index is 1.75. The van der Waals surface area contributed by atoms with Crippen LogP contribution in [0, 0.1) is 17.3 Å². The van der Waals surface area contributed by atoms with Gasteiger partial charge in [-0.05, 0) is 37.3 Å². The van der Waals surface area contributed by atoms with Crippen molar-refractivity contribution in [3.63, 3.8) is 0 Å². The van der Waals surface area contributed by atoms with Gasteiger partial charge in [-0.2, -0.15) is 0 Å². The fourth-order valence-corrected chi connectivity index (χ4v) is 2.90. The third-order valence-electron chi connectivity index (χ3n) is 4.29. The van der Waals surface area contributed by atoms with Crippen LogP contribution in [0.1, 0.15) is 34.1 Å². The van der Waals surface area contributed by atoms with Crippen molar-refractivity contribution >= 4 is 17.6 Å². The maximum atomic E-state index is 12.3. The summed E-state index contributed by atoms with van der Waals surface area (Å²) >= 11 is 0. The van der Waals surface area contributed by atoms with Crippen molar-refractivity contribution < 1.29 is 9.59 Å². The van der Waals surface area contributed by atoms with Gasteiger partial charge in [0, 0.05) is 19.2 Å². The summed E-state index contributed by atoms with van der Waals surface area (Å²) in [4.78, 5) is 28.1. The molecule has 1 saturated carbocycles. The van der Waals surface area contributed by atoms with E-state index < -0.39 is 0 Å². The van der Waals surface area contributed by atoms with Gasteiger partial charge in [0.2, 0.25) is 11.8 Å². The normalized spacial score (nSPS) is 21.2. The first kappa shape index (κ1) is 17.2. The first-order valence-electron chi connectivity index (χ1n) is 7.96. The first-order valence-corrected chi connectivity index (χ1v) is 7.96. The average molecular weight is 315 g/mol. The van der Waals surface area contributed by atoms with E-state index in [2.05, 4.69) is 35.5 Å². The van der Waals surface area contributed by atoms with E-state index in [1.54, 1.807) is 18.3 Å². The van der Waals surface area contributed by atoms with Crippen LogP contribution in [0.2, 0.25) is 0 Å². The number of nitrogens with one attached hydrogen (secondary N) is 2. The van der Waals surface area contributed by atoms with Crippen LogP contribution >= 0.6 is 0 Å². The van der Waals surface area contributed by atoms with Gasteiger partial charge in [0.05, 0.1) is 5.92 Å². The number of carbonyl (C=O) groups excluding carboxylic acids is 2. The molecule has 2 amide bonds. The molecule has 0 radical (unpaired) electrons. The van der Waals surface area contributed by atoms with Crippen molar-refractivity contribution in [1.29, 1.82) is 0 Å². The van der Waals surface area contributed by atoms with Gasteiger partial charge in [-0.15, -0.1) is 0 Å². The average Bonchev–Trinajstić information content (AvgIpc) is 3.00. The van der Waals surface area contributed by atoms with Crippen molar-refractivity contribution in [1.82, 2.24) is 10.3 Å². The monoisotopic (exact) mass is 315 g/mol. The Morgan fingerprint density at radius 3 is 2.65 bits per heavy atom. The molecule has 1 heterocycles. The molecule has 2 atom stereocenters. The van der Waals surface area contributed by atoms with E-state index in [4.69, 9.17) is 0 Å². The van der Waals surface area contributed by atoms with Crippen LogP contribution in [0.25, 0.3) is 0 Å². The lowest BCUT2D eigenvalue weighted by Gasteiger charge is -2.07. The van der Waals surface area contributed by atoms with E-state index in [-0.39, 0.29) is 35.5 Å². The Morgan fingerprint density at radius 1 is 1.30 bits per heavy atom. The largest absolute Gasteiger partial charge is 0.355 e. The van der Waals surface area contributed by atoms with Gasteiger partial charge in [0.1, 0.15) is 5.82 Å². The van der Waals surface area contributed by atoms with Crippen LogP contribution in [0.15, 0.2) is 36.0 Å². The number of allylic oxidation sites excluding steroid dienone is 2. The van der Waals surface area contributed by atoms with E-state index in [1.165, 1.54) is 5.57 Å². The molecule has 23 heavy (non-hydrogen) atoms. The molecule has 5 heteroatoms. The topological polar surface area (TPSA) is 71.1 Å². The number of carbonyl (C=O) groups is 2. The molecule has 1 aromatic heterocycles. The van der Waals surface area contributed by atoms with Crippen LogP contribution in [-0.4, -0.2) is 23.3 Å². The molecule has 2 unspecified atom stereocenters. The van der Waals surface area contributed by atoms with Gasteiger partial charge in [0.15, 0.2) is 0 Å². The van der Waals surface area contributed by atoms with Gasteiger partial charge in [-0.1, -0.05) is 31.6 Å². The number of nitrogens with zero attached hydrogens (tertiary/aromatic N) is 1. The predicted molar refractivity (Wildman–Crippen MR) is 90.7 cm³/mol. The second-order valence-corrected chi connectivity index (χ2v) is 6.87. The molecule has 124 valence electrons. The van der Waals surface area contributed by atoms with Gasteiger partial charge in [0.25, 0.3) is 0 Å². The minimum absolute atomic E-state index is 0.00241. The summed E-state index contributed by atoms with van der Waals surface area (Å²) in [6.07, 6.45) is 4.02. The number of hydrogen-bond donors (Lipinski definition) is 2. The van der Waals surface area contributed by atoms with Gasteiger partial charge in [-0.3, -0.25) is 9.59 Å². The highest BCUT2D eigenvalue weighted by atomic mass is 16.2. The summed E-state index contributed by atoms with van der Waals surface area (Å²) in [5.41, 5.74) is 1.23. The SMILES string of the molecule is CC(C)=CC1C(C(=O)NCCC(=O)Nc2ccccn2)C1(C)C. The number of anilines is 1. The van der Waals surface area contributed by atoms with E-state index >= 15 is 0 Å². The molecule has 0 bridgehead atoms. The summed E-state index contributed by atoms with van der Waals surface area (Å²) < 4.78 is 0. The Morgan fingerprint density at radius 2 is 2.04 bits per heavy atom. The zero-order chi connectivity index (χ0) is 17.0. The highest BCUT2D eigenvalue weighted by Crippen LogP contribution is 2.59. The Kier molecular flexibility index (Phi) is 5.19. The molecule has 1 aromatic rings. The lowest BCUT2D eigenvalue weighted by Crippen LogP contribution is -2.30. The molecule has 1 aliphatic rings. The van der Waals surface area contributed by atoms with Crippen molar-refractivity contribution in [2.45, 2.75) is 34.1 Å². The number of rotatable bonds is 6. The lowest BCUT2D eigenvalue weighted by molar-refractivity contribution is -0.123. The quantitative estimate of drug-likeness (QED) is 0.793. The summed E-state index contributed by atoms with van der Waals surface area (Å²) in [7, 11) is 0. The second-order valence-electron chi connectivity index (χ2n) is 6.87. The molecular formula is C18H25N3O2. The van der Waals surface area contributed by atoms with Crippen LogP contribution in [-0.2, 0) is 9.59 Å². The highest BCUT2D eigenvalue weighted by molar-refractivity contribution is 5.90. The van der Waals surface area contributed by atoms with Crippen LogP contribution in [0.5, 0.6) is 0 Å². The summed E-state index contributed by atoms with van der Waals surface area (Å²) in [5, 5.41) is 5.57. The van der Waals surface area contributed by atoms with E-state index in [0.717, 1.165) is 0 Å². The highest BCUT2D eigenvalue weighted by Gasteiger charge is 2.60. The Hall–Kier alpha value is -2.17. The van der Waals surface area contributed by atoms with Crippen molar-refractivity contribution in [3.8, 4) is 0 Å². The summed E-state index contributed by atoms with van der Waals surface area (Å²) in [5.74, 6) is 0.685. The fraction of sp³-hybridized carbons (Fsp3) is 0.500.